The Morgan fingerprint density at radius 3 is 2.86 bits per heavy atom. The Balaban J connectivity index is 1.83. The molecule has 0 fully saturated rings. The van der Waals surface area contributed by atoms with Crippen LogP contribution in [0.15, 0.2) is 48.1 Å². The van der Waals surface area contributed by atoms with E-state index in [1.165, 1.54) is 12.0 Å². The molecule has 0 spiro atoms. The van der Waals surface area contributed by atoms with Crippen LogP contribution in [-0.4, -0.2) is 15.0 Å². The zero-order valence-corrected chi connectivity index (χ0v) is 13.3. The lowest BCUT2D eigenvalue weighted by Gasteiger charge is -2.10. The molecular formula is C17H18N4S. The molecule has 22 heavy (non-hydrogen) atoms. The van der Waals surface area contributed by atoms with E-state index in [9.17, 15) is 0 Å². The number of nitrogens with zero attached hydrogens (tertiary/aromatic N) is 3. The summed E-state index contributed by atoms with van der Waals surface area (Å²) in [7, 11) is 0. The number of hydrogen-bond donors (Lipinski definition) is 1. The van der Waals surface area contributed by atoms with Crippen molar-refractivity contribution in [3.8, 4) is 10.7 Å². The standard InChI is InChI=1S/C17H18N4S/c1-2-3-6-13-7-5-10-18-16(13)21-15-9-4-8-14(20-15)17-19-11-12-22-17/h4-5,7-12H,2-3,6H2,1H3,(H,18,20,21). The van der Waals surface area contributed by atoms with Crippen LogP contribution in [-0.2, 0) is 6.42 Å². The molecule has 0 aliphatic heterocycles. The van der Waals surface area contributed by atoms with E-state index >= 15 is 0 Å². The van der Waals surface area contributed by atoms with Gasteiger partial charge < -0.3 is 5.32 Å². The second kappa shape index (κ2) is 7.13. The fraction of sp³-hybridized carbons (Fsp3) is 0.235. The molecule has 112 valence electrons. The van der Waals surface area contributed by atoms with Gasteiger partial charge in [0, 0.05) is 17.8 Å². The van der Waals surface area contributed by atoms with Crippen molar-refractivity contribution in [3.05, 3.63) is 53.7 Å². The number of rotatable bonds is 6. The van der Waals surface area contributed by atoms with Crippen LogP contribution in [0.5, 0.6) is 0 Å². The molecule has 0 aliphatic rings. The Kier molecular flexibility index (Phi) is 4.75. The average Bonchev–Trinajstić information content (AvgIpc) is 3.09. The Bertz CT molecular complexity index is 725. The Labute approximate surface area is 134 Å². The predicted octanol–water partition coefficient (Wildman–Crippen LogP) is 4.69. The molecule has 0 saturated heterocycles. The van der Waals surface area contributed by atoms with E-state index in [-0.39, 0.29) is 0 Å². The zero-order valence-electron chi connectivity index (χ0n) is 12.5. The molecule has 5 heteroatoms. The van der Waals surface area contributed by atoms with Gasteiger partial charge in [0.15, 0.2) is 0 Å². The van der Waals surface area contributed by atoms with E-state index < -0.39 is 0 Å². The van der Waals surface area contributed by atoms with Gasteiger partial charge in [0.1, 0.15) is 22.3 Å². The van der Waals surface area contributed by atoms with Gasteiger partial charge in [-0.2, -0.15) is 0 Å². The SMILES string of the molecule is CCCCc1cccnc1Nc1cccc(-c2nccs2)n1. The van der Waals surface area contributed by atoms with Crippen LogP contribution in [0.3, 0.4) is 0 Å². The first-order valence-corrected chi connectivity index (χ1v) is 8.32. The van der Waals surface area contributed by atoms with Crippen molar-refractivity contribution in [3.63, 3.8) is 0 Å². The Morgan fingerprint density at radius 2 is 2.05 bits per heavy atom. The van der Waals surface area contributed by atoms with Crippen molar-refractivity contribution in [2.75, 3.05) is 5.32 Å². The lowest BCUT2D eigenvalue weighted by atomic mass is 10.1. The topological polar surface area (TPSA) is 50.7 Å². The van der Waals surface area contributed by atoms with Crippen LogP contribution in [0.2, 0.25) is 0 Å². The minimum absolute atomic E-state index is 0.796. The van der Waals surface area contributed by atoms with E-state index in [1.807, 2.05) is 35.8 Å². The first-order chi connectivity index (χ1) is 10.9. The summed E-state index contributed by atoms with van der Waals surface area (Å²) in [6.45, 7) is 2.20. The van der Waals surface area contributed by atoms with Crippen molar-refractivity contribution in [1.82, 2.24) is 15.0 Å². The first-order valence-electron chi connectivity index (χ1n) is 7.44. The number of unbranched alkanes of at least 4 members (excludes halogenated alkanes) is 1. The van der Waals surface area contributed by atoms with Gasteiger partial charge in [0.25, 0.3) is 0 Å². The molecule has 0 aromatic carbocycles. The van der Waals surface area contributed by atoms with Crippen molar-refractivity contribution in [1.29, 1.82) is 0 Å². The minimum Gasteiger partial charge on any atom is -0.325 e. The van der Waals surface area contributed by atoms with E-state index in [0.717, 1.165) is 35.2 Å². The van der Waals surface area contributed by atoms with Crippen molar-refractivity contribution >= 4 is 23.0 Å². The van der Waals surface area contributed by atoms with Gasteiger partial charge in [-0.1, -0.05) is 25.5 Å². The zero-order chi connectivity index (χ0) is 15.2. The van der Waals surface area contributed by atoms with Crippen molar-refractivity contribution in [2.45, 2.75) is 26.2 Å². The first kappa shape index (κ1) is 14.7. The highest BCUT2D eigenvalue weighted by Crippen LogP contribution is 2.23. The maximum Gasteiger partial charge on any atom is 0.141 e. The number of aryl methyl sites for hydroxylation is 1. The van der Waals surface area contributed by atoms with Crippen LogP contribution in [0.25, 0.3) is 10.7 Å². The fourth-order valence-corrected chi connectivity index (χ4v) is 2.82. The van der Waals surface area contributed by atoms with Crippen molar-refractivity contribution < 1.29 is 0 Å². The number of nitrogens with one attached hydrogen (secondary N) is 1. The van der Waals surface area contributed by atoms with Gasteiger partial charge in [-0.3, -0.25) is 0 Å². The summed E-state index contributed by atoms with van der Waals surface area (Å²) in [4.78, 5) is 13.4. The van der Waals surface area contributed by atoms with E-state index in [1.54, 1.807) is 17.5 Å². The molecule has 4 nitrogen and oxygen atoms in total. The third-order valence-electron chi connectivity index (χ3n) is 3.34. The van der Waals surface area contributed by atoms with Gasteiger partial charge in [-0.15, -0.1) is 11.3 Å². The molecule has 3 aromatic rings. The van der Waals surface area contributed by atoms with Crippen LogP contribution < -0.4 is 5.32 Å². The Hall–Kier alpha value is -2.27. The molecule has 0 aliphatic carbocycles. The lowest BCUT2D eigenvalue weighted by molar-refractivity contribution is 0.793. The Morgan fingerprint density at radius 1 is 1.09 bits per heavy atom. The molecule has 1 N–H and O–H groups in total. The van der Waals surface area contributed by atoms with E-state index in [0.29, 0.717) is 0 Å². The maximum atomic E-state index is 4.63. The number of thiazole rings is 1. The molecule has 0 saturated carbocycles. The quantitative estimate of drug-likeness (QED) is 0.718. The molecule has 3 heterocycles. The second-order valence-corrected chi connectivity index (χ2v) is 5.88. The van der Waals surface area contributed by atoms with Crippen LogP contribution >= 0.6 is 11.3 Å². The highest BCUT2D eigenvalue weighted by molar-refractivity contribution is 7.13. The summed E-state index contributed by atoms with van der Waals surface area (Å²) in [6.07, 6.45) is 6.96. The summed E-state index contributed by atoms with van der Waals surface area (Å²) in [5.74, 6) is 1.68. The van der Waals surface area contributed by atoms with Gasteiger partial charge in [0.2, 0.25) is 0 Å². The number of pyridine rings is 2. The van der Waals surface area contributed by atoms with Crippen molar-refractivity contribution in [2.24, 2.45) is 0 Å². The third-order valence-corrected chi connectivity index (χ3v) is 4.13. The molecule has 3 aromatic heterocycles. The average molecular weight is 310 g/mol. The van der Waals surface area contributed by atoms with Gasteiger partial charge in [0.05, 0.1) is 0 Å². The fourth-order valence-electron chi connectivity index (χ4n) is 2.21. The summed E-state index contributed by atoms with van der Waals surface area (Å²) < 4.78 is 0. The number of anilines is 2. The van der Waals surface area contributed by atoms with Crippen LogP contribution in [0.1, 0.15) is 25.3 Å². The van der Waals surface area contributed by atoms with E-state index in [2.05, 4.69) is 33.3 Å². The predicted molar refractivity (Wildman–Crippen MR) is 91.5 cm³/mol. The lowest BCUT2D eigenvalue weighted by Crippen LogP contribution is -2.01. The number of hydrogen-bond acceptors (Lipinski definition) is 5. The van der Waals surface area contributed by atoms with Gasteiger partial charge in [-0.25, -0.2) is 15.0 Å². The van der Waals surface area contributed by atoms with Gasteiger partial charge >= 0.3 is 0 Å². The normalized spacial score (nSPS) is 10.6. The van der Waals surface area contributed by atoms with Gasteiger partial charge in [-0.05, 0) is 36.6 Å². The summed E-state index contributed by atoms with van der Waals surface area (Å²) >= 11 is 1.59. The highest BCUT2D eigenvalue weighted by atomic mass is 32.1. The number of aromatic nitrogens is 3. The molecule has 3 rings (SSSR count). The maximum absolute atomic E-state index is 4.63. The smallest absolute Gasteiger partial charge is 0.141 e. The van der Waals surface area contributed by atoms with Crippen LogP contribution in [0.4, 0.5) is 11.6 Å². The third kappa shape index (κ3) is 3.49. The second-order valence-electron chi connectivity index (χ2n) is 4.99. The molecular weight excluding hydrogens is 292 g/mol. The molecule has 0 radical (unpaired) electrons. The molecule has 0 bridgehead atoms. The summed E-state index contributed by atoms with van der Waals surface area (Å²) in [5.41, 5.74) is 2.11. The largest absolute Gasteiger partial charge is 0.325 e. The van der Waals surface area contributed by atoms with Crippen LogP contribution in [0, 0.1) is 0 Å². The highest BCUT2D eigenvalue weighted by Gasteiger charge is 2.07. The molecule has 0 amide bonds. The van der Waals surface area contributed by atoms with E-state index in [4.69, 9.17) is 0 Å². The monoisotopic (exact) mass is 310 g/mol. The minimum atomic E-state index is 0.796. The summed E-state index contributed by atoms with van der Waals surface area (Å²) in [6, 6.07) is 10.0. The molecule has 0 unspecified atom stereocenters. The summed E-state index contributed by atoms with van der Waals surface area (Å²) in [5, 5.41) is 6.22. The molecule has 0 atom stereocenters.